The molecule has 1 fully saturated rings. The summed E-state index contributed by atoms with van der Waals surface area (Å²) in [4.78, 5) is 31.2. The summed E-state index contributed by atoms with van der Waals surface area (Å²) in [6.07, 6.45) is -0.163. The van der Waals surface area contributed by atoms with Gasteiger partial charge in [-0.15, -0.1) is 0 Å². The third-order valence-electron chi connectivity index (χ3n) is 3.40. The van der Waals surface area contributed by atoms with E-state index in [9.17, 15) is 18.0 Å². The second-order valence-electron chi connectivity index (χ2n) is 4.85. The van der Waals surface area contributed by atoms with Crippen LogP contribution in [0.2, 0.25) is 0 Å². The highest BCUT2D eigenvalue weighted by atomic mass is 32.2. The Morgan fingerprint density at radius 1 is 1.24 bits per heavy atom. The summed E-state index contributed by atoms with van der Waals surface area (Å²) in [5.41, 5.74) is 0.0363. The van der Waals surface area contributed by atoms with Gasteiger partial charge in [-0.2, -0.15) is 0 Å². The Bertz CT molecular complexity index is 890. The number of nitrogens with one attached hydrogen (secondary N) is 1. The third kappa shape index (κ3) is 2.52. The summed E-state index contributed by atoms with van der Waals surface area (Å²) in [7, 11) is -3.77. The van der Waals surface area contributed by atoms with E-state index < -0.39 is 15.3 Å². The number of aromatic amines is 1. The van der Waals surface area contributed by atoms with Crippen LogP contribution in [-0.2, 0) is 14.8 Å². The maximum absolute atomic E-state index is 11.9. The minimum Gasteiger partial charge on any atom is -0.307 e. The number of hydrogen-bond acceptors (Lipinski definition) is 5. The highest BCUT2D eigenvalue weighted by Gasteiger charge is 2.37. The molecule has 1 amide bonds. The molecule has 0 aliphatic carbocycles. The number of sulfonamides is 1. The van der Waals surface area contributed by atoms with Crippen molar-refractivity contribution in [2.24, 2.45) is 5.14 Å². The molecule has 1 atom stereocenters. The molecular formula is C12H12N4O4S. The molecule has 1 saturated heterocycles. The van der Waals surface area contributed by atoms with Gasteiger partial charge in [0.2, 0.25) is 21.5 Å². The second-order valence-corrected chi connectivity index (χ2v) is 6.69. The Morgan fingerprint density at radius 3 is 2.62 bits per heavy atom. The minimum atomic E-state index is -3.77. The summed E-state index contributed by atoms with van der Waals surface area (Å²) in [5, 5.41) is 4.86. The lowest BCUT2D eigenvalue weighted by molar-refractivity contribution is -0.117. The molecule has 1 aliphatic rings. The highest BCUT2D eigenvalue weighted by molar-refractivity contribution is 7.89. The number of rotatable bonds is 2. The molecule has 8 nitrogen and oxygen atoms in total. The van der Waals surface area contributed by atoms with E-state index in [-0.39, 0.29) is 24.4 Å². The van der Waals surface area contributed by atoms with Gasteiger partial charge in [0.05, 0.1) is 0 Å². The average Bonchev–Trinajstić information content (AvgIpc) is 2.80. The lowest BCUT2D eigenvalue weighted by Gasteiger charge is -2.15. The maximum Gasteiger partial charge on any atom is 0.249 e. The summed E-state index contributed by atoms with van der Waals surface area (Å²) < 4.78 is 22.7. The molecule has 110 valence electrons. The molecule has 0 saturated carbocycles. The normalized spacial score (nSPS) is 19.4. The smallest absolute Gasteiger partial charge is 0.249 e. The molecular weight excluding hydrogens is 296 g/mol. The number of nitrogens with two attached hydrogens (primary N) is 1. The van der Waals surface area contributed by atoms with Gasteiger partial charge in [-0.05, 0) is 18.2 Å². The number of carbonyl (C=O) groups is 1. The van der Waals surface area contributed by atoms with Gasteiger partial charge in [-0.3, -0.25) is 14.5 Å². The molecule has 0 aromatic carbocycles. The first-order valence-corrected chi connectivity index (χ1v) is 7.77. The van der Waals surface area contributed by atoms with Crippen LogP contribution in [0.1, 0.15) is 6.42 Å². The number of anilines is 1. The SMILES string of the molecule is NS(=O)(=O)C1CC(=O)N(c2ccc3ccc(=O)[nH]c3n2)C1. The molecule has 2 aromatic heterocycles. The van der Waals surface area contributed by atoms with Crippen molar-refractivity contribution in [1.82, 2.24) is 9.97 Å². The number of pyridine rings is 2. The van der Waals surface area contributed by atoms with Crippen molar-refractivity contribution < 1.29 is 13.2 Å². The van der Waals surface area contributed by atoms with E-state index in [2.05, 4.69) is 9.97 Å². The van der Waals surface area contributed by atoms with Crippen LogP contribution in [0.3, 0.4) is 0 Å². The Hall–Kier alpha value is -2.26. The first-order chi connectivity index (χ1) is 9.84. The van der Waals surface area contributed by atoms with Crippen LogP contribution in [0.15, 0.2) is 29.1 Å². The molecule has 0 bridgehead atoms. The topological polar surface area (TPSA) is 126 Å². The number of H-pyrrole nitrogens is 1. The van der Waals surface area contributed by atoms with Crippen molar-refractivity contribution in [2.45, 2.75) is 11.7 Å². The van der Waals surface area contributed by atoms with Gasteiger partial charge in [0.15, 0.2) is 0 Å². The molecule has 0 spiro atoms. The van der Waals surface area contributed by atoms with Gasteiger partial charge in [0.25, 0.3) is 0 Å². The second kappa shape index (κ2) is 4.64. The van der Waals surface area contributed by atoms with E-state index in [1.807, 2.05) is 0 Å². The van der Waals surface area contributed by atoms with Crippen LogP contribution in [0.25, 0.3) is 11.0 Å². The fraction of sp³-hybridized carbons (Fsp3) is 0.250. The van der Waals surface area contributed by atoms with Crippen LogP contribution >= 0.6 is 0 Å². The zero-order valence-electron chi connectivity index (χ0n) is 10.8. The molecule has 21 heavy (non-hydrogen) atoms. The molecule has 9 heteroatoms. The van der Waals surface area contributed by atoms with Crippen LogP contribution in [0.5, 0.6) is 0 Å². The number of primary sulfonamides is 1. The number of nitrogens with zero attached hydrogens (tertiary/aromatic N) is 2. The Morgan fingerprint density at radius 2 is 1.95 bits per heavy atom. The zero-order valence-corrected chi connectivity index (χ0v) is 11.6. The standard InChI is InChI=1S/C12H12N4O4S/c13-21(19,20)8-5-11(18)16(6-8)9-3-1-7-2-4-10(17)15-12(7)14-9/h1-4,8H,5-6H2,(H2,13,19,20)(H,14,15,17). The van der Waals surface area contributed by atoms with E-state index in [1.54, 1.807) is 18.2 Å². The van der Waals surface area contributed by atoms with Gasteiger partial charge in [-0.25, -0.2) is 18.5 Å². The lowest BCUT2D eigenvalue weighted by Crippen LogP contribution is -2.32. The van der Waals surface area contributed by atoms with Crippen molar-refractivity contribution in [2.75, 3.05) is 11.4 Å². The van der Waals surface area contributed by atoms with Crippen LogP contribution < -0.4 is 15.6 Å². The number of amides is 1. The average molecular weight is 308 g/mol. The van der Waals surface area contributed by atoms with Crippen molar-refractivity contribution in [3.05, 3.63) is 34.6 Å². The number of aromatic nitrogens is 2. The van der Waals surface area contributed by atoms with Gasteiger partial charge >= 0.3 is 0 Å². The Labute approximate surface area is 119 Å². The summed E-state index contributed by atoms with van der Waals surface area (Å²) in [6, 6.07) is 6.29. The van der Waals surface area contributed by atoms with E-state index >= 15 is 0 Å². The fourth-order valence-corrected chi connectivity index (χ4v) is 3.02. The first kappa shape index (κ1) is 13.7. The lowest BCUT2D eigenvalue weighted by atomic mass is 10.3. The number of hydrogen-bond donors (Lipinski definition) is 2. The van der Waals surface area contributed by atoms with E-state index in [1.165, 1.54) is 11.0 Å². The molecule has 1 aliphatic heterocycles. The predicted octanol–water partition coefficient (Wildman–Crippen LogP) is -0.683. The van der Waals surface area contributed by atoms with Gasteiger partial charge < -0.3 is 4.98 Å². The third-order valence-corrected chi connectivity index (χ3v) is 4.64. The monoisotopic (exact) mass is 308 g/mol. The van der Waals surface area contributed by atoms with Gasteiger partial charge in [0, 0.05) is 24.4 Å². The molecule has 3 N–H and O–H groups in total. The van der Waals surface area contributed by atoms with E-state index in [0.717, 1.165) is 0 Å². The van der Waals surface area contributed by atoms with Gasteiger partial charge in [-0.1, -0.05) is 0 Å². The Balaban J connectivity index is 2.01. The quantitative estimate of drug-likeness (QED) is 0.760. The minimum absolute atomic E-state index is 0.0345. The van der Waals surface area contributed by atoms with Crippen LogP contribution in [-0.4, -0.2) is 36.1 Å². The van der Waals surface area contributed by atoms with E-state index in [4.69, 9.17) is 5.14 Å². The molecule has 3 rings (SSSR count). The van der Waals surface area contributed by atoms with Crippen molar-refractivity contribution in [3.63, 3.8) is 0 Å². The maximum atomic E-state index is 11.9. The Kier molecular flexibility index (Phi) is 3.03. The van der Waals surface area contributed by atoms with E-state index in [0.29, 0.717) is 16.9 Å². The first-order valence-electron chi connectivity index (χ1n) is 6.17. The summed E-state index contributed by atoms with van der Waals surface area (Å²) >= 11 is 0. The van der Waals surface area contributed by atoms with Crippen molar-refractivity contribution in [3.8, 4) is 0 Å². The van der Waals surface area contributed by atoms with Crippen LogP contribution in [0, 0.1) is 0 Å². The number of carbonyl (C=O) groups excluding carboxylic acids is 1. The predicted molar refractivity (Wildman–Crippen MR) is 76.2 cm³/mol. The van der Waals surface area contributed by atoms with Crippen molar-refractivity contribution in [1.29, 1.82) is 0 Å². The molecule has 3 heterocycles. The summed E-state index contributed by atoms with van der Waals surface area (Å²) in [6.45, 7) is -0.0345. The number of fused-ring (bicyclic) bond motifs is 1. The van der Waals surface area contributed by atoms with Crippen LogP contribution in [0.4, 0.5) is 5.82 Å². The molecule has 0 radical (unpaired) electrons. The summed E-state index contributed by atoms with van der Waals surface area (Å²) in [5.74, 6) is -0.0698. The van der Waals surface area contributed by atoms with Crippen molar-refractivity contribution >= 4 is 32.8 Å². The van der Waals surface area contributed by atoms with Gasteiger partial charge in [0.1, 0.15) is 16.7 Å². The zero-order chi connectivity index (χ0) is 15.2. The molecule has 2 aromatic rings. The fourth-order valence-electron chi connectivity index (χ4n) is 2.28. The highest BCUT2D eigenvalue weighted by Crippen LogP contribution is 2.23. The largest absolute Gasteiger partial charge is 0.307 e. The molecule has 1 unspecified atom stereocenters.